The van der Waals surface area contributed by atoms with Gasteiger partial charge in [0.2, 0.25) is 5.91 Å². The zero-order chi connectivity index (χ0) is 23.5. The van der Waals surface area contributed by atoms with Crippen molar-refractivity contribution in [1.29, 1.82) is 0 Å². The number of amides is 1. The molecule has 2 N–H and O–H groups in total. The predicted molar refractivity (Wildman–Crippen MR) is 134 cm³/mol. The number of hydrogen-bond donors (Lipinski definition) is 2. The Morgan fingerprint density at radius 1 is 1.03 bits per heavy atom. The standard InChI is InChI=1S/C28H43NO2S/c1-8-9-23(30)29-28-14-17-10-18(15-28)25(19(11-17)16-28)32-20-12-21(26(2,3)4)24(31)22(13-20)27(5,6)7/h12-13,17-19,25,31H,8-11,14-16H2,1-7H3,(H,29,30). The van der Waals surface area contributed by atoms with Crippen molar-refractivity contribution >= 4 is 17.7 Å². The highest BCUT2D eigenvalue weighted by Gasteiger charge is 2.56. The summed E-state index contributed by atoms with van der Waals surface area (Å²) in [7, 11) is 0. The van der Waals surface area contributed by atoms with E-state index in [0.717, 1.165) is 36.3 Å². The first kappa shape index (κ1) is 24.0. The van der Waals surface area contributed by atoms with E-state index in [4.69, 9.17) is 0 Å². The van der Waals surface area contributed by atoms with Crippen molar-refractivity contribution in [2.75, 3.05) is 0 Å². The highest BCUT2D eigenvalue weighted by molar-refractivity contribution is 8.00. The molecule has 0 radical (unpaired) electrons. The molecule has 4 aliphatic carbocycles. The van der Waals surface area contributed by atoms with Gasteiger partial charge in [0.15, 0.2) is 0 Å². The van der Waals surface area contributed by atoms with Crippen molar-refractivity contribution in [1.82, 2.24) is 5.32 Å². The topological polar surface area (TPSA) is 49.3 Å². The van der Waals surface area contributed by atoms with Gasteiger partial charge in [-0.2, -0.15) is 0 Å². The van der Waals surface area contributed by atoms with Gasteiger partial charge in [-0.25, -0.2) is 0 Å². The maximum Gasteiger partial charge on any atom is 0.220 e. The van der Waals surface area contributed by atoms with Crippen LogP contribution in [0.2, 0.25) is 0 Å². The zero-order valence-electron chi connectivity index (χ0n) is 21.2. The Morgan fingerprint density at radius 3 is 2.03 bits per heavy atom. The third-order valence-corrected chi connectivity index (χ3v) is 9.59. The van der Waals surface area contributed by atoms with E-state index in [9.17, 15) is 9.90 Å². The van der Waals surface area contributed by atoms with Gasteiger partial charge in [-0.05, 0) is 79.2 Å². The Balaban J connectivity index is 1.60. The Bertz CT molecular complexity index is 827. The molecule has 5 rings (SSSR count). The number of rotatable bonds is 5. The maximum atomic E-state index is 12.5. The summed E-state index contributed by atoms with van der Waals surface area (Å²) in [5, 5.41) is 15.2. The lowest BCUT2D eigenvalue weighted by molar-refractivity contribution is -0.126. The molecule has 2 atom stereocenters. The molecule has 1 aromatic rings. The number of benzene rings is 1. The van der Waals surface area contributed by atoms with Gasteiger partial charge in [0.05, 0.1) is 0 Å². The van der Waals surface area contributed by atoms with Gasteiger partial charge in [-0.3, -0.25) is 4.79 Å². The molecule has 1 aromatic carbocycles. The molecule has 0 aliphatic heterocycles. The smallest absolute Gasteiger partial charge is 0.220 e. The summed E-state index contributed by atoms with van der Waals surface area (Å²) >= 11 is 2.05. The fraction of sp³-hybridized carbons (Fsp3) is 0.750. The average molecular weight is 458 g/mol. The molecule has 4 saturated carbocycles. The maximum absolute atomic E-state index is 12.5. The average Bonchev–Trinajstić information content (AvgIpc) is 2.63. The van der Waals surface area contributed by atoms with Crippen molar-refractivity contribution in [3.8, 4) is 5.75 Å². The van der Waals surface area contributed by atoms with Gasteiger partial charge < -0.3 is 10.4 Å². The molecule has 32 heavy (non-hydrogen) atoms. The molecule has 4 fully saturated rings. The molecule has 178 valence electrons. The molecule has 0 aromatic heterocycles. The fourth-order valence-corrected chi connectivity index (χ4v) is 8.37. The molecular weight excluding hydrogens is 414 g/mol. The van der Waals surface area contributed by atoms with Gasteiger partial charge >= 0.3 is 0 Å². The van der Waals surface area contributed by atoms with Crippen LogP contribution in [0.25, 0.3) is 0 Å². The second kappa shape index (κ2) is 8.25. The van der Waals surface area contributed by atoms with Gasteiger partial charge in [-0.15, -0.1) is 11.8 Å². The molecule has 3 nitrogen and oxygen atoms in total. The number of phenols is 1. The molecule has 4 aliphatic rings. The lowest BCUT2D eigenvalue weighted by Gasteiger charge is -2.60. The molecule has 4 bridgehead atoms. The van der Waals surface area contributed by atoms with Crippen LogP contribution in [0.4, 0.5) is 0 Å². The van der Waals surface area contributed by atoms with Crippen LogP contribution >= 0.6 is 11.8 Å². The Morgan fingerprint density at radius 2 is 1.56 bits per heavy atom. The summed E-state index contributed by atoms with van der Waals surface area (Å²) in [5.74, 6) is 2.86. The minimum absolute atomic E-state index is 0.0574. The lowest BCUT2D eigenvalue weighted by atomic mass is 9.52. The van der Waals surface area contributed by atoms with E-state index in [-0.39, 0.29) is 22.3 Å². The summed E-state index contributed by atoms with van der Waals surface area (Å²) in [6.45, 7) is 15.2. The summed E-state index contributed by atoms with van der Waals surface area (Å²) in [5.41, 5.74) is 1.97. The highest BCUT2D eigenvalue weighted by atomic mass is 32.2. The minimum atomic E-state index is -0.0989. The Kier molecular flexibility index (Phi) is 6.18. The van der Waals surface area contributed by atoms with Crippen LogP contribution in [0.3, 0.4) is 0 Å². The first-order valence-electron chi connectivity index (χ1n) is 12.7. The molecule has 2 unspecified atom stereocenters. The largest absolute Gasteiger partial charge is 0.507 e. The van der Waals surface area contributed by atoms with Crippen LogP contribution in [0.15, 0.2) is 17.0 Å². The van der Waals surface area contributed by atoms with Crippen molar-refractivity contribution in [2.24, 2.45) is 17.8 Å². The van der Waals surface area contributed by atoms with Gasteiger partial charge in [0.1, 0.15) is 5.75 Å². The second-order valence-electron chi connectivity index (χ2n) is 13.0. The quantitative estimate of drug-likeness (QED) is 0.503. The SMILES string of the molecule is CCCC(=O)NC12CC3CC(C1)C(Sc1cc(C(C)(C)C)c(O)c(C(C)(C)C)c1)C(C3)C2. The summed E-state index contributed by atoms with van der Waals surface area (Å²) in [6.07, 6.45) is 7.68. The van der Waals surface area contributed by atoms with Crippen molar-refractivity contribution < 1.29 is 9.90 Å². The number of thioether (sulfide) groups is 1. The van der Waals surface area contributed by atoms with Crippen molar-refractivity contribution in [2.45, 2.75) is 120 Å². The predicted octanol–water partition coefficient (Wildman–Crippen LogP) is 6.94. The highest BCUT2D eigenvalue weighted by Crippen LogP contribution is 2.60. The van der Waals surface area contributed by atoms with E-state index in [1.807, 2.05) is 0 Å². The number of carbonyl (C=O) groups is 1. The van der Waals surface area contributed by atoms with Crippen LogP contribution in [-0.2, 0) is 15.6 Å². The second-order valence-corrected chi connectivity index (χ2v) is 14.2. The monoisotopic (exact) mass is 457 g/mol. The van der Waals surface area contributed by atoms with Crippen molar-refractivity contribution in [3.63, 3.8) is 0 Å². The number of carbonyl (C=O) groups excluding carboxylic acids is 1. The number of aromatic hydroxyl groups is 1. The molecule has 1 amide bonds. The van der Waals surface area contributed by atoms with Gasteiger partial charge in [0, 0.05) is 33.2 Å². The van der Waals surface area contributed by atoms with Crippen LogP contribution in [0.5, 0.6) is 5.75 Å². The molecule has 0 heterocycles. The van der Waals surface area contributed by atoms with Crippen molar-refractivity contribution in [3.05, 3.63) is 23.3 Å². The summed E-state index contributed by atoms with van der Waals surface area (Å²) in [4.78, 5) is 13.8. The fourth-order valence-electron chi connectivity index (χ4n) is 6.89. The summed E-state index contributed by atoms with van der Waals surface area (Å²) in [6, 6.07) is 4.50. The first-order chi connectivity index (χ1) is 14.8. The number of nitrogens with one attached hydrogen (secondary N) is 1. The molecule has 4 heteroatoms. The minimum Gasteiger partial charge on any atom is -0.507 e. The normalized spacial score (nSPS) is 31.7. The van der Waals surface area contributed by atoms with Crippen LogP contribution < -0.4 is 5.32 Å². The lowest BCUT2D eigenvalue weighted by Crippen LogP contribution is -2.63. The number of hydrogen-bond acceptors (Lipinski definition) is 3. The zero-order valence-corrected chi connectivity index (χ0v) is 22.0. The van der Waals surface area contributed by atoms with Gasteiger partial charge in [0.25, 0.3) is 0 Å². The van der Waals surface area contributed by atoms with Crippen LogP contribution in [0.1, 0.15) is 105 Å². The molecule has 0 saturated heterocycles. The van der Waals surface area contributed by atoms with Gasteiger partial charge in [-0.1, -0.05) is 48.5 Å². The third-order valence-electron chi connectivity index (χ3n) is 8.04. The Labute approximate surface area is 199 Å². The molecular formula is C28H43NO2S. The summed E-state index contributed by atoms with van der Waals surface area (Å²) < 4.78 is 0. The van der Waals surface area contributed by atoms with E-state index in [1.54, 1.807) is 0 Å². The van der Waals surface area contributed by atoms with Crippen LogP contribution in [0, 0.1) is 17.8 Å². The van der Waals surface area contributed by atoms with E-state index in [2.05, 4.69) is 77.7 Å². The first-order valence-corrected chi connectivity index (χ1v) is 13.5. The number of phenolic OH excluding ortho intramolecular Hbond substituents is 1. The van der Waals surface area contributed by atoms with E-state index < -0.39 is 0 Å². The van der Waals surface area contributed by atoms with E-state index >= 15 is 0 Å². The Hall–Kier alpha value is -1.16. The van der Waals surface area contributed by atoms with E-state index in [1.165, 1.54) is 24.2 Å². The van der Waals surface area contributed by atoms with Crippen LogP contribution in [-0.4, -0.2) is 21.8 Å². The third kappa shape index (κ3) is 4.58. The van der Waals surface area contributed by atoms with E-state index in [0.29, 0.717) is 29.3 Å². The molecule has 0 spiro atoms.